The first kappa shape index (κ1) is 17.9. The van der Waals surface area contributed by atoms with E-state index in [1.807, 2.05) is 67.6 Å². The number of aryl methyl sites for hydroxylation is 1. The van der Waals surface area contributed by atoms with Gasteiger partial charge in [0, 0.05) is 20.8 Å². The van der Waals surface area contributed by atoms with Gasteiger partial charge in [0.1, 0.15) is 4.70 Å². The molecule has 2 heterocycles. The first-order chi connectivity index (χ1) is 14.1. The zero-order valence-corrected chi connectivity index (χ0v) is 17.0. The predicted octanol–water partition coefficient (Wildman–Crippen LogP) is 5.52. The van der Waals surface area contributed by atoms with Crippen molar-refractivity contribution in [3.63, 3.8) is 0 Å². The van der Waals surface area contributed by atoms with Crippen molar-refractivity contribution in [2.75, 3.05) is 0 Å². The Labute approximate surface area is 174 Å². The second-order valence-electron chi connectivity index (χ2n) is 6.81. The molecular formula is C23H15ClN2O2S. The van der Waals surface area contributed by atoms with Gasteiger partial charge < -0.3 is 4.98 Å². The number of H-pyrrole nitrogens is 1. The highest BCUT2D eigenvalue weighted by Crippen LogP contribution is 2.38. The number of nitrogens with zero attached hydrogens (tertiary/aromatic N) is 1. The van der Waals surface area contributed by atoms with Crippen molar-refractivity contribution in [3.8, 4) is 16.1 Å². The quantitative estimate of drug-likeness (QED) is 0.410. The van der Waals surface area contributed by atoms with Crippen LogP contribution in [0.5, 0.6) is 0 Å². The van der Waals surface area contributed by atoms with Gasteiger partial charge in [0.05, 0.1) is 11.2 Å². The van der Waals surface area contributed by atoms with Crippen molar-refractivity contribution in [2.45, 2.75) is 6.92 Å². The van der Waals surface area contributed by atoms with Gasteiger partial charge in [-0.2, -0.15) is 0 Å². The molecule has 5 aromatic rings. The van der Waals surface area contributed by atoms with Crippen LogP contribution in [0.1, 0.15) is 5.56 Å². The summed E-state index contributed by atoms with van der Waals surface area (Å²) in [6.45, 7) is 1.90. The lowest BCUT2D eigenvalue weighted by molar-refractivity contribution is 0.910. The van der Waals surface area contributed by atoms with Crippen LogP contribution in [0.15, 0.2) is 76.3 Å². The van der Waals surface area contributed by atoms with Gasteiger partial charge in [-0.25, -0.2) is 9.36 Å². The van der Waals surface area contributed by atoms with E-state index in [-0.39, 0.29) is 5.56 Å². The summed E-state index contributed by atoms with van der Waals surface area (Å²) in [4.78, 5) is 30.1. The third-order valence-corrected chi connectivity index (χ3v) is 6.75. The van der Waals surface area contributed by atoms with E-state index in [0.717, 1.165) is 26.8 Å². The minimum Gasteiger partial charge on any atom is -0.305 e. The summed E-state index contributed by atoms with van der Waals surface area (Å²) in [5, 5.41) is 2.43. The Morgan fingerprint density at radius 2 is 1.66 bits per heavy atom. The molecule has 0 spiro atoms. The average Bonchev–Trinajstić information content (AvgIpc) is 3.05. The topological polar surface area (TPSA) is 54.9 Å². The minimum atomic E-state index is -0.453. The molecule has 5 rings (SSSR count). The molecule has 29 heavy (non-hydrogen) atoms. The van der Waals surface area contributed by atoms with Crippen molar-refractivity contribution >= 4 is 43.9 Å². The molecule has 0 amide bonds. The fourth-order valence-electron chi connectivity index (χ4n) is 3.70. The number of aromatic amines is 1. The summed E-state index contributed by atoms with van der Waals surface area (Å²) in [5.74, 6) is 0. The number of fused-ring (bicyclic) bond motifs is 2. The number of benzene rings is 3. The molecule has 3 aromatic carbocycles. The van der Waals surface area contributed by atoms with E-state index in [1.54, 1.807) is 6.07 Å². The molecule has 0 atom stereocenters. The summed E-state index contributed by atoms with van der Waals surface area (Å²) in [7, 11) is 0. The predicted molar refractivity (Wildman–Crippen MR) is 121 cm³/mol. The Morgan fingerprint density at radius 1 is 0.931 bits per heavy atom. The molecule has 0 aliphatic carbocycles. The molecule has 2 aromatic heterocycles. The second kappa shape index (κ2) is 6.72. The molecule has 1 N–H and O–H groups in total. The van der Waals surface area contributed by atoms with E-state index in [9.17, 15) is 9.59 Å². The highest BCUT2D eigenvalue weighted by molar-refractivity contribution is 7.22. The molecule has 0 unspecified atom stereocenters. The van der Waals surface area contributed by atoms with Crippen LogP contribution < -0.4 is 11.2 Å². The van der Waals surface area contributed by atoms with Gasteiger partial charge in [0.15, 0.2) is 0 Å². The summed E-state index contributed by atoms with van der Waals surface area (Å²) >= 11 is 7.73. The van der Waals surface area contributed by atoms with E-state index in [4.69, 9.17) is 11.6 Å². The normalized spacial score (nSPS) is 11.4. The fraction of sp³-hybridized carbons (Fsp3) is 0.0435. The Hall–Kier alpha value is -3.15. The number of nitrogens with one attached hydrogen (secondary N) is 1. The van der Waals surface area contributed by atoms with Gasteiger partial charge in [-0.1, -0.05) is 66.2 Å². The van der Waals surface area contributed by atoms with Crippen molar-refractivity contribution in [3.05, 3.63) is 98.2 Å². The maximum Gasteiger partial charge on any atom is 0.333 e. The molecule has 0 fully saturated rings. The minimum absolute atomic E-state index is 0.327. The number of halogens is 1. The lowest BCUT2D eigenvalue weighted by Gasteiger charge is -2.08. The highest BCUT2D eigenvalue weighted by atomic mass is 35.5. The van der Waals surface area contributed by atoms with E-state index >= 15 is 0 Å². The number of thiophene rings is 1. The number of aromatic nitrogens is 2. The number of hydrogen-bond acceptors (Lipinski definition) is 3. The molecule has 142 valence electrons. The zero-order valence-electron chi connectivity index (χ0n) is 15.4. The SMILES string of the molecule is Cc1c(-c2ccccc2Cl)sc2c(=O)n(-c3cccc4ccccc34)c(=O)[nH]c12. The van der Waals surface area contributed by atoms with Crippen LogP contribution in [0.25, 0.3) is 37.1 Å². The molecule has 0 saturated heterocycles. The smallest absolute Gasteiger partial charge is 0.305 e. The van der Waals surface area contributed by atoms with Crippen LogP contribution in [-0.4, -0.2) is 9.55 Å². The molecule has 4 nitrogen and oxygen atoms in total. The van der Waals surface area contributed by atoms with Crippen molar-refractivity contribution in [1.29, 1.82) is 0 Å². The maximum atomic E-state index is 13.4. The summed E-state index contributed by atoms with van der Waals surface area (Å²) in [6, 6.07) is 20.8. The summed E-state index contributed by atoms with van der Waals surface area (Å²) in [5.41, 5.74) is 2.05. The van der Waals surface area contributed by atoms with Crippen LogP contribution in [0, 0.1) is 6.92 Å². The van der Waals surface area contributed by atoms with E-state index in [1.165, 1.54) is 15.9 Å². The van der Waals surface area contributed by atoms with Crippen LogP contribution in [0.3, 0.4) is 0 Å². The third-order valence-electron chi connectivity index (χ3n) is 5.11. The van der Waals surface area contributed by atoms with Crippen LogP contribution in [0.2, 0.25) is 5.02 Å². The molecule has 6 heteroatoms. The highest BCUT2D eigenvalue weighted by Gasteiger charge is 2.19. The van der Waals surface area contributed by atoms with E-state index in [2.05, 4.69) is 4.98 Å². The Morgan fingerprint density at radius 3 is 2.48 bits per heavy atom. The maximum absolute atomic E-state index is 13.4. The Balaban J connectivity index is 1.85. The third kappa shape index (κ3) is 2.74. The molecular weight excluding hydrogens is 404 g/mol. The van der Waals surface area contributed by atoms with Crippen molar-refractivity contribution in [1.82, 2.24) is 9.55 Å². The zero-order chi connectivity index (χ0) is 20.1. The fourth-order valence-corrected chi connectivity index (χ4v) is 5.21. The van der Waals surface area contributed by atoms with Crippen LogP contribution >= 0.6 is 22.9 Å². The monoisotopic (exact) mass is 418 g/mol. The van der Waals surface area contributed by atoms with E-state index < -0.39 is 5.69 Å². The molecule has 0 saturated carbocycles. The van der Waals surface area contributed by atoms with Gasteiger partial charge >= 0.3 is 5.69 Å². The molecule has 0 aliphatic rings. The lowest BCUT2D eigenvalue weighted by atomic mass is 10.1. The molecule has 0 radical (unpaired) electrons. The molecule has 0 bridgehead atoms. The Bertz CT molecular complexity index is 1520. The van der Waals surface area contributed by atoms with Gasteiger partial charge in [-0.15, -0.1) is 11.3 Å². The van der Waals surface area contributed by atoms with Crippen molar-refractivity contribution < 1.29 is 0 Å². The van der Waals surface area contributed by atoms with E-state index in [0.29, 0.717) is 20.9 Å². The van der Waals surface area contributed by atoms with Crippen LogP contribution in [-0.2, 0) is 0 Å². The number of rotatable bonds is 2. The first-order valence-electron chi connectivity index (χ1n) is 9.08. The van der Waals surface area contributed by atoms with Gasteiger partial charge in [-0.3, -0.25) is 4.79 Å². The van der Waals surface area contributed by atoms with Gasteiger partial charge in [0.2, 0.25) is 0 Å². The number of hydrogen-bond donors (Lipinski definition) is 1. The van der Waals surface area contributed by atoms with Gasteiger partial charge in [-0.05, 0) is 30.0 Å². The lowest BCUT2D eigenvalue weighted by Crippen LogP contribution is -2.33. The average molecular weight is 419 g/mol. The summed E-state index contributed by atoms with van der Waals surface area (Å²) in [6.07, 6.45) is 0. The van der Waals surface area contributed by atoms with Crippen molar-refractivity contribution in [2.24, 2.45) is 0 Å². The summed E-state index contributed by atoms with van der Waals surface area (Å²) < 4.78 is 1.72. The Kier molecular flexibility index (Phi) is 4.15. The largest absolute Gasteiger partial charge is 0.333 e. The molecule has 0 aliphatic heterocycles. The second-order valence-corrected chi connectivity index (χ2v) is 8.24. The standard InChI is InChI=1S/C23H15ClN2O2S/c1-13-19-21(29-20(13)16-10-4-5-11-17(16)24)22(27)26(23(28)25-19)18-12-6-8-14-7-2-3-9-15(14)18/h2-12H,1H3,(H,25,28). The first-order valence-corrected chi connectivity index (χ1v) is 10.3. The van der Waals surface area contributed by atoms with Crippen LogP contribution in [0.4, 0.5) is 0 Å². The van der Waals surface area contributed by atoms with Gasteiger partial charge in [0.25, 0.3) is 5.56 Å².